The van der Waals surface area contributed by atoms with E-state index in [-0.39, 0.29) is 17.9 Å². The first-order valence-electron chi connectivity index (χ1n) is 5.16. The first-order valence-corrected chi connectivity index (χ1v) is 5.16. The van der Waals surface area contributed by atoms with Crippen molar-refractivity contribution in [2.75, 3.05) is 5.32 Å². The molecule has 0 amide bonds. The number of aromatic nitrogens is 2. The normalized spacial score (nSPS) is 11.3. The van der Waals surface area contributed by atoms with Crippen molar-refractivity contribution in [3.05, 3.63) is 41.7 Å². The average molecular weight is 271 g/mol. The predicted molar refractivity (Wildman–Crippen MR) is 58.5 cm³/mol. The van der Waals surface area contributed by atoms with E-state index in [4.69, 9.17) is 4.42 Å². The molecule has 0 aromatic carbocycles. The lowest BCUT2D eigenvalue weighted by Crippen LogP contribution is -2.14. The molecule has 0 aliphatic heterocycles. The highest BCUT2D eigenvalue weighted by Crippen LogP contribution is 2.27. The van der Waals surface area contributed by atoms with Crippen LogP contribution >= 0.6 is 0 Å². The number of anilines is 1. The molecule has 5 nitrogen and oxygen atoms in total. The van der Waals surface area contributed by atoms with Crippen LogP contribution in [0.4, 0.5) is 19.0 Å². The molecule has 19 heavy (non-hydrogen) atoms. The summed E-state index contributed by atoms with van der Waals surface area (Å²) >= 11 is 0. The number of rotatable bonds is 4. The molecule has 2 rings (SSSR count). The fourth-order valence-electron chi connectivity index (χ4n) is 1.34. The minimum absolute atomic E-state index is 0.0560. The number of alkyl halides is 3. The van der Waals surface area contributed by atoms with Gasteiger partial charge in [-0.05, 0) is 12.1 Å². The van der Waals surface area contributed by atoms with Gasteiger partial charge in [0.1, 0.15) is 11.6 Å². The van der Waals surface area contributed by atoms with Crippen LogP contribution in [0.15, 0.2) is 29.0 Å². The fourth-order valence-corrected chi connectivity index (χ4v) is 1.34. The second-order valence-electron chi connectivity index (χ2n) is 3.55. The summed E-state index contributed by atoms with van der Waals surface area (Å²) in [6.07, 6.45) is -2.03. The monoisotopic (exact) mass is 271 g/mol. The molecule has 0 saturated carbocycles. The molecule has 0 fully saturated rings. The van der Waals surface area contributed by atoms with Crippen molar-refractivity contribution in [2.45, 2.75) is 12.7 Å². The summed E-state index contributed by atoms with van der Waals surface area (Å²) in [5, 5.41) is 2.60. The Hall–Kier alpha value is -2.38. The Morgan fingerprint density at radius 2 is 2.21 bits per heavy atom. The standard InChI is InChI=1S/C11H8F3N3O2/c12-11(13,14)10-16-4-7(6-18)9(17-10)15-5-8-2-1-3-19-8/h1-4,6H,5H2,(H,15,16,17). The number of hydrogen-bond donors (Lipinski definition) is 1. The zero-order chi connectivity index (χ0) is 13.9. The molecule has 0 aliphatic carbocycles. The van der Waals surface area contributed by atoms with Crippen molar-refractivity contribution < 1.29 is 22.4 Å². The van der Waals surface area contributed by atoms with Crippen molar-refractivity contribution in [1.82, 2.24) is 9.97 Å². The largest absolute Gasteiger partial charge is 0.467 e. The summed E-state index contributed by atoms with van der Waals surface area (Å²) in [5.74, 6) is -0.988. The van der Waals surface area contributed by atoms with Crippen LogP contribution in [0.3, 0.4) is 0 Å². The van der Waals surface area contributed by atoms with Gasteiger partial charge in [0.25, 0.3) is 0 Å². The van der Waals surface area contributed by atoms with Gasteiger partial charge in [0.15, 0.2) is 6.29 Å². The van der Waals surface area contributed by atoms with Crippen molar-refractivity contribution in [3.8, 4) is 0 Å². The second-order valence-corrected chi connectivity index (χ2v) is 3.55. The molecule has 0 aliphatic rings. The maximum Gasteiger partial charge on any atom is 0.451 e. The minimum Gasteiger partial charge on any atom is -0.467 e. The zero-order valence-corrected chi connectivity index (χ0v) is 9.44. The SMILES string of the molecule is O=Cc1cnc(C(F)(F)F)nc1NCc1ccco1. The van der Waals surface area contributed by atoms with E-state index in [1.54, 1.807) is 12.1 Å². The molecule has 0 atom stereocenters. The highest BCUT2D eigenvalue weighted by atomic mass is 19.4. The molecule has 2 aromatic rings. The molecule has 1 N–H and O–H groups in total. The van der Waals surface area contributed by atoms with Crippen LogP contribution in [0.1, 0.15) is 21.9 Å². The zero-order valence-electron chi connectivity index (χ0n) is 9.44. The topological polar surface area (TPSA) is 68.0 Å². The van der Waals surface area contributed by atoms with Gasteiger partial charge in [0.05, 0.1) is 18.4 Å². The number of carbonyl (C=O) groups excluding carboxylic acids is 1. The van der Waals surface area contributed by atoms with E-state index < -0.39 is 12.0 Å². The van der Waals surface area contributed by atoms with Crippen molar-refractivity contribution in [3.63, 3.8) is 0 Å². The molecule has 0 spiro atoms. The van der Waals surface area contributed by atoms with E-state index in [1.807, 2.05) is 0 Å². The second kappa shape index (κ2) is 5.09. The molecular formula is C11H8F3N3O2. The number of furan rings is 1. The Bertz CT molecular complexity index is 567. The quantitative estimate of drug-likeness (QED) is 0.865. The van der Waals surface area contributed by atoms with E-state index in [2.05, 4.69) is 15.3 Å². The van der Waals surface area contributed by atoms with Gasteiger partial charge in [-0.15, -0.1) is 0 Å². The summed E-state index contributed by atoms with van der Waals surface area (Å²) < 4.78 is 42.4. The Kier molecular flexibility index (Phi) is 3.50. The van der Waals surface area contributed by atoms with Crippen LogP contribution in [-0.4, -0.2) is 16.3 Å². The van der Waals surface area contributed by atoms with Gasteiger partial charge in [0.2, 0.25) is 5.82 Å². The van der Waals surface area contributed by atoms with Crippen molar-refractivity contribution >= 4 is 12.1 Å². The van der Waals surface area contributed by atoms with E-state index in [0.717, 1.165) is 6.20 Å². The van der Waals surface area contributed by atoms with Gasteiger partial charge >= 0.3 is 6.18 Å². The molecule has 2 heterocycles. The average Bonchev–Trinajstić information content (AvgIpc) is 2.88. The lowest BCUT2D eigenvalue weighted by Gasteiger charge is -2.09. The van der Waals surface area contributed by atoms with Crippen LogP contribution in [0.25, 0.3) is 0 Å². The summed E-state index contributed by atoms with van der Waals surface area (Å²) in [6, 6.07) is 3.28. The molecule has 0 bridgehead atoms. The number of nitrogens with zero attached hydrogens (tertiary/aromatic N) is 2. The lowest BCUT2D eigenvalue weighted by molar-refractivity contribution is -0.144. The minimum atomic E-state index is -4.66. The van der Waals surface area contributed by atoms with Gasteiger partial charge in [-0.1, -0.05) is 0 Å². The molecule has 8 heteroatoms. The first kappa shape index (κ1) is 13.1. The van der Waals surface area contributed by atoms with Crippen molar-refractivity contribution in [1.29, 1.82) is 0 Å². The third-order valence-electron chi connectivity index (χ3n) is 2.21. The fraction of sp³-hybridized carbons (Fsp3) is 0.182. The third kappa shape index (κ3) is 3.09. The molecule has 2 aromatic heterocycles. The highest BCUT2D eigenvalue weighted by Gasteiger charge is 2.35. The molecule has 100 valence electrons. The molecule has 0 unspecified atom stereocenters. The lowest BCUT2D eigenvalue weighted by atomic mass is 10.3. The summed E-state index contributed by atoms with van der Waals surface area (Å²) in [6.45, 7) is 0.113. The smallest absolute Gasteiger partial charge is 0.451 e. The van der Waals surface area contributed by atoms with Gasteiger partial charge in [-0.2, -0.15) is 13.2 Å². The molecular weight excluding hydrogens is 263 g/mol. The van der Waals surface area contributed by atoms with Gasteiger partial charge in [0, 0.05) is 6.20 Å². The number of carbonyl (C=O) groups is 1. The van der Waals surface area contributed by atoms with Crippen LogP contribution in [0, 0.1) is 0 Å². The molecule has 0 saturated heterocycles. The maximum absolute atomic E-state index is 12.5. The van der Waals surface area contributed by atoms with Crippen LogP contribution < -0.4 is 5.32 Å². The van der Waals surface area contributed by atoms with E-state index in [0.29, 0.717) is 12.0 Å². The Labute approximate surface area is 105 Å². The number of aldehydes is 1. The molecule has 0 radical (unpaired) electrons. The van der Waals surface area contributed by atoms with Crippen molar-refractivity contribution in [2.24, 2.45) is 0 Å². The van der Waals surface area contributed by atoms with Crippen LogP contribution in [-0.2, 0) is 12.7 Å². The predicted octanol–water partition coefficient (Wildman–Crippen LogP) is 2.51. The Balaban J connectivity index is 2.23. The number of nitrogens with one attached hydrogen (secondary N) is 1. The van der Waals surface area contributed by atoms with Crippen LogP contribution in [0.2, 0.25) is 0 Å². The number of hydrogen-bond acceptors (Lipinski definition) is 5. The van der Waals surface area contributed by atoms with Gasteiger partial charge in [-0.3, -0.25) is 4.79 Å². The maximum atomic E-state index is 12.5. The van der Waals surface area contributed by atoms with Crippen LogP contribution in [0.5, 0.6) is 0 Å². The van der Waals surface area contributed by atoms with E-state index in [1.165, 1.54) is 6.26 Å². The van der Waals surface area contributed by atoms with Gasteiger partial charge in [-0.25, -0.2) is 9.97 Å². The first-order chi connectivity index (χ1) is 9.00. The summed E-state index contributed by atoms with van der Waals surface area (Å²) in [4.78, 5) is 17.1. The third-order valence-corrected chi connectivity index (χ3v) is 2.21. The Morgan fingerprint density at radius 1 is 1.42 bits per heavy atom. The summed E-state index contributed by atoms with van der Waals surface area (Å²) in [5.41, 5.74) is -0.0560. The summed E-state index contributed by atoms with van der Waals surface area (Å²) in [7, 11) is 0. The highest BCUT2D eigenvalue weighted by molar-refractivity contribution is 5.81. The van der Waals surface area contributed by atoms with E-state index >= 15 is 0 Å². The Morgan fingerprint density at radius 3 is 2.79 bits per heavy atom. The number of halogens is 3. The van der Waals surface area contributed by atoms with Gasteiger partial charge < -0.3 is 9.73 Å². The van der Waals surface area contributed by atoms with E-state index in [9.17, 15) is 18.0 Å².